The van der Waals surface area contributed by atoms with E-state index in [1.807, 2.05) is 56.0 Å². The fourth-order valence-electron chi connectivity index (χ4n) is 3.09. The van der Waals surface area contributed by atoms with E-state index in [1.165, 1.54) is 0 Å². The Balaban J connectivity index is 3.72. The van der Waals surface area contributed by atoms with E-state index in [1.54, 1.807) is 24.3 Å². The van der Waals surface area contributed by atoms with Gasteiger partial charge >= 0.3 is 0 Å². The van der Waals surface area contributed by atoms with Crippen LogP contribution in [0, 0.1) is 0 Å². The quantitative estimate of drug-likeness (QED) is 0.224. The summed E-state index contributed by atoms with van der Waals surface area (Å²) in [5.41, 5.74) is 9.83. The summed E-state index contributed by atoms with van der Waals surface area (Å²) < 4.78 is 35.0. The zero-order valence-corrected chi connectivity index (χ0v) is 19.4. The van der Waals surface area contributed by atoms with Crippen LogP contribution < -0.4 is 4.90 Å². The summed E-state index contributed by atoms with van der Waals surface area (Å²) in [5, 5.41) is 3.77. The van der Waals surface area contributed by atoms with E-state index >= 15 is 0 Å². The van der Waals surface area contributed by atoms with E-state index in [-0.39, 0.29) is 11.2 Å². The molecule has 0 aliphatic rings. The molecule has 9 nitrogen and oxygen atoms in total. The first kappa shape index (κ1) is 24.5. The van der Waals surface area contributed by atoms with E-state index < -0.39 is 17.4 Å². The average Bonchev–Trinajstić information content (AvgIpc) is 2.67. The monoisotopic (exact) mass is 429 g/mol. The molecule has 28 heavy (non-hydrogen) atoms. The van der Waals surface area contributed by atoms with Crippen molar-refractivity contribution in [1.29, 1.82) is 0 Å². The van der Waals surface area contributed by atoms with Gasteiger partial charge in [-0.15, -0.1) is 4.15 Å². The van der Waals surface area contributed by atoms with Gasteiger partial charge in [0.2, 0.25) is 0 Å². The molecule has 158 valence electrons. The minimum atomic E-state index is -3.93. The maximum Gasteiger partial charge on any atom is 0.283 e. The Bertz CT molecular complexity index is 810. The second-order valence-corrected chi connectivity index (χ2v) is 11.2. The number of hydrogen-bond donors (Lipinski definition) is 0. The van der Waals surface area contributed by atoms with Gasteiger partial charge in [-0.05, 0) is 29.8 Å². The van der Waals surface area contributed by atoms with Gasteiger partial charge in [0.1, 0.15) is 7.36 Å². The molecule has 0 N–H and O–H groups in total. The van der Waals surface area contributed by atoms with Crippen molar-refractivity contribution in [3.8, 4) is 0 Å². The second-order valence-electron chi connectivity index (χ2n) is 6.29. The van der Waals surface area contributed by atoms with E-state index in [2.05, 4.69) is 14.2 Å². The normalized spacial score (nSPS) is 12.1. The van der Waals surface area contributed by atoms with Gasteiger partial charge in [-0.1, -0.05) is 32.8 Å². The van der Waals surface area contributed by atoms with Crippen molar-refractivity contribution in [2.45, 2.75) is 32.6 Å². The number of hydrogen-bond acceptors (Lipinski definition) is 4. The Morgan fingerprint density at radius 3 is 1.79 bits per heavy atom. The lowest BCUT2D eigenvalue weighted by atomic mass is 10.3. The first-order chi connectivity index (χ1) is 13.2. The predicted octanol–water partition coefficient (Wildman–Crippen LogP) is 4.42. The van der Waals surface area contributed by atoms with Crippen LogP contribution in [0.5, 0.6) is 0 Å². The highest BCUT2D eigenvalue weighted by atomic mass is 32.2. The van der Waals surface area contributed by atoms with Crippen LogP contribution in [-0.2, 0) is 10.0 Å². The van der Waals surface area contributed by atoms with E-state index in [0.717, 1.165) is 5.69 Å². The van der Waals surface area contributed by atoms with E-state index in [0.29, 0.717) is 26.2 Å². The van der Waals surface area contributed by atoms with Crippen LogP contribution in [0.4, 0.5) is 5.69 Å². The minimum Gasteiger partial charge on any atom is -0.378 e. The van der Waals surface area contributed by atoms with Gasteiger partial charge in [0.15, 0.2) is 0 Å². The molecule has 0 fully saturated rings. The second kappa shape index (κ2) is 10.8. The third-order valence-electron chi connectivity index (χ3n) is 4.57. The van der Waals surface area contributed by atoms with Crippen molar-refractivity contribution in [3.05, 3.63) is 34.7 Å². The lowest BCUT2D eigenvalue weighted by Crippen LogP contribution is -2.33. The molecule has 0 saturated heterocycles. The van der Waals surface area contributed by atoms with Crippen molar-refractivity contribution >= 4 is 23.1 Å². The first-order valence-corrected chi connectivity index (χ1v) is 12.7. The zero-order chi connectivity index (χ0) is 21.4. The summed E-state index contributed by atoms with van der Waals surface area (Å²) in [6.45, 7) is 10.3. The van der Waals surface area contributed by atoms with E-state index in [9.17, 15) is 8.42 Å². The first-order valence-electron chi connectivity index (χ1n) is 9.39. The van der Waals surface area contributed by atoms with Crippen LogP contribution in [0.2, 0.25) is 0 Å². The highest BCUT2D eigenvalue weighted by molar-refractivity contribution is 7.93. The van der Waals surface area contributed by atoms with Crippen LogP contribution in [0.1, 0.15) is 27.7 Å². The molecule has 0 amide bonds. The van der Waals surface area contributed by atoms with Crippen molar-refractivity contribution in [3.63, 3.8) is 0 Å². The topological polar surface area (TPSA) is 105 Å². The van der Waals surface area contributed by atoms with Gasteiger partial charge < -0.3 is 4.90 Å². The van der Waals surface area contributed by atoms with Gasteiger partial charge in [0.05, 0.1) is 11.2 Å². The Morgan fingerprint density at radius 2 is 1.43 bits per heavy atom. The molecule has 0 heterocycles. The zero-order valence-electron chi connectivity index (χ0n) is 17.6. The SMILES string of the molecule is CCN(CC)P(CN=[N+]=[N-])(=NS(=O)(=O)c1ccc(N(C)C)cc1)N(CC)CC. The van der Waals surface area contributed by atoms with Gasteiger partial charge in [0, 0.05) is 50.9 Å². The van der Waals surface area contributed by atoms with Crippen LogP contribution in [0.3, 0.4) is 0 Å². The molecular formula is C17H32N7O2PS. The molecule has 0 unspecified atom stereocenters. The Kier molecular flexibility index (Phi) is 9.47. The van der Waals surface area contributed by atoms with Gasteiger partial charge in [0.25, 0.3) is 10.0 Å². The van der Waals surface area contributed by atoms with Crippen LogP contribution in [0.15, 0.2) is 38.4 Å². The molecule has 0 atom stereocenters. The number of nitrogens with zero attached hydrogens (tertiary/aromatic N) is 7. The summed E-state index contributed by atoms with van der Waals surface area (Å²) in [6, 6.07) is 6.65. The molecule has 1 aromatic carbocycles. The minimum absolute atomic E-state index is 0.0157. The van der Waals surface area contributed by atoms with E-state index in [4.69, 9.17) is 5.53 Å². The predicted molar refractivity (Wildman–Crippen MR) is 117 cm³/mol. The Hall–Kier alpha value is -1.57. The highest BCUT2D eigenvalue weighted by Gasteiger charge is 2.34. The largest absolute Gasteiger partial charge is 0.378 e. The Morgan fingerprint density at radius 1 is 0.964 bits per heavy atom. The van der Waals surface area contributed by atoms with Gasteiger partial charge in [-0.2, -0.15) is 8.42 Å². The summed E-state index contributed by atoms with van der Waals surface area (Å²) >= 11 is 0. The molecule has 0 radical (unpaired) electrons. The summed E-state index contributed by atoms with van der Waals surface area (Å²) in [4.78, 5) is 4.94. The fraction of sp³-hybridized carbons (Fsp3) is 0.647. The number of rotatable bonds is 11. The lowest BCUT2D eigenvalue weighted by Gasteiger charge is -2.41. The number of benzene rings is 1. The van der Waals surface area contributed by atoms with Crippen molar-refractivity contribution in [1.82, 2.24) is 9.34 Å². The number of sulfonamides is 1. The van der Waals surface area contributed by atoms with Crippen molar-refractivity contribution < 1.29 is 8.42 Å². The van der Waals surface area contributed by atoms with Gasteiger partial charge in [-0.25, -0.2) is 0 Å². The van der Waals surface area contributed by atoms with Crippen molar-refractivity contribution in [2.24, 2.45) is 9.26 Å². The van der Waals surface area contributed by atoms with Crippen LogP contribution in [0.25, 0.3) is 10.4 Å². The maximum absolute atomic E-state index is 13.2. The average molecular weight is 430 g/mol. The molecule has 0 aromatic heterocycles. The summed E-state index contributed by atoms with van der Waals surface area (Å²) in [5.74, 6) is 0. The van der Waals surface area contributed by atoms with Crippen LogP contribution >= 0.6 is 7.36 Å². The molecule has 0 bridgehead atoms. The smallest absolute Gasteiger partial charge is 0.283 e. The molecule has 1 aromatic rings. The fourth-order valence-corrected chi connectivity index (χ4v) is 9.11. The van der Waals surface area contributed by atoms with Gasteiger partial charge in [-0.3, -0.25) is 9.34 Å². The lowest BCUT2D eigenvalue weighted by molar-refractivity contribution is 0.413. The molecule has 0 aliphatic heterocycles. The maximum atomic E-state index is 13.2. The summed E-state index contributed by atoms with van der Waals surface area (Å²) in [7, 11) is -2.92. The highest BCUT2D eigenvalue weighted by Crippen LogP contribution is 2.57. The van der Waals surface area contributed by atoms with Crippen molar-refractivity contribution in [2.75, 3.05) is 51.5 Å². The number of anilines is 1. The molecule has 0 aliphatic carbocycles. The van der Waals surface area contributed by atoms with Crippen LogP contribution in [-0.4, -0.2) is 64.3 Å². The molecular weight excluding hydrogens is 397 g/mol. The molecule has 0 saturated carbocycles. The number of azide groups is 1. The standard InChI is InChI=1S/C17H32N7O2PS/c1-7-23(8-2)27(15-19-20-18,24(9-3)10-4)21-28(25,26)17-13-11-16(12-14-17)22(5)6/h11-14H,7-10,15H2,1-6H3. The molecule has 0 spiro atoms. The third kappa shape index (κ3) is 5.49. The third-order valence-corrected chi connectivity index (χ3v) is 10.8. The summed E-state index contributed by atoms with van der Waals surface area (Å²) in [6.07, 6.45) is 0.0157. The molecule has 1 rings (SSSR count). The molecule has 11 heteroatoms. The Labute approximate surface area is 169 Å².